The molecule has 1 aliphatic heterocycles. The number of sulfone groups is 1. The van der Waals surface area contributed by atoms with Crippen molar-refractivity contribution < 1.29 is 25.8 Å². The zero-order chi connectivity index (χ0) is 14.7. The van der Waals surface area contributed by atoms with Crippen molar-refractivity contribution in [3.63, 3.8) is 0 Å². The number of hydrogen-bond acceptors (Lipinski definition) is 6. The zero-order valence-electron chi connectivity index (χ0n) is 11.1. The molecule has 8 heteroatoms. The highest BCUT2D eigenvalue weighted by molar-refractivity contribution is 7.91. The van der Waals surface area contributed by atoms with Crippen LogP contribution in [-0.4, -0.2) is 53.4 Å². The minimum Gasteiger partial charge on any atom is -0.375 e. The average molecular weight is 312 g/mol. The summed E-state index contributed by atoms with van der Waals surface area (Å²) in [6.07, 6.45) is 2.68. The second kappa shape index (κ2) is 6.34. The Hall–Kier alpha value is -0.440. The molecule has 1 fully saturated rings. The Morgan fingerprint density at radius 1 is 1.42 bits per heavy atom. The lowest BCUT2D eigenvalue weighted by Gasteiger charge is -2.34. The van der Waals surface area contributed by atoms with E-state index in [1.165, 1.54) is 6.08 Å². The monoisotopic (exact) mass is 312 g/mol. The van der Waals surface area contributed by atoms with Crippen LogP contribution in [0.4, 0.5) is 0 Å². The van der Waals surface area contributed by atoms with Gasteiger partial charge in [-0.2, -0.15) is 8.42 Å². The molecule has 0 spiro atoms. The Balaban J connectivity index is 3.14. The van der Waals surface area contributed by atoms with E-state index in [4.69, 9.17) is 4.74 Å². The van der Waals surface area contributed by atoms with Gasteiger partial charge in [0.1, 0.15) is 5.25 Å². The largest absolute Gasteiger partial charge is 0.375 e. The van der Waals surface area contributed by atoms with Crippen molar-refractivity contribution in [1.82, 2.24) is 0 Å². The second-order valence-corrected chi connectivity index (χ2v) is 8.76. The van der Waals surface area contributed by atoms with E-state index in [0.29, 0.717) is 19.4 Å². The molecule has 0 amide bonds. The summed E-state index contributed by atoms with van der Waals surface area (Å²) in [7, 11) is -6.19. The molecular weight excluding hydrogens is 292 g/mol. The average Bonchev–Trinajstić information content (AvgIpc) is 2.34. The first kappa shape index (κ1) is 16.6. The van der Waals surface area contributed by atoms with Gasteiger partial charge in [-0.25, -0.2) is 8.42 Å². The Morgan fingerprint density at radius 3 is 2.53 bits per heavy atom. The molecule has 0 saturated carbocycles. The van der Waals surface area contributed by atoms with Crippen LogP contribution in [0.3, 0.4) is 0 Å². The smallest absolute Gasteiger partial charge is 0.272 e. The minimum atomic E-state index is -3.82. The summed E-state index contributed by atoms with van der Waals surface area (Å²) in [6, 6.07) is 0. The van der Waals surface area contributed by atoms with Crippen LogP contribution >= 0.6 is 0 Å². The Morgan fingerprint density at radius 2 is 2.05 bits per heavy atom. The fourth-order valence-corrected chi connectivity index (χ4v) is 4.91. The van der Waals surface area contributed by atoms with Crippen molar-refractivity contribution >= 4 is 20.0 Å². The maximum absolute atomic E-state index is 11.9. The number of allylic oxidation sites excluding steroid dienone is 1. The van der Waals surface area contributed by atoms with Crippen molar-refractivity contribution in [1.29, 1.82) is 0 Å². The first-order chi connectivity index (χ1) is 8.74. The third-order valence-electron chi connectivity index (χ3n) is 3.23. The van der Waals surface area contributed by atoms with E-state index in [1.54, 1.807) is 0 Å². The number of rotatable bonds is 6. The predicted molar refractivity (Wildman–Crippen MR) is 72.1 cm³/mol. The highest BCUT2D eigenvalue weighted by Crippen LogP contribution is 2.28. The summed E-state index contributed by atoms with van der Waals surface area (Å²) < 4.78 is 57.3. The van der Waals surface area contributed by atoms with Crippen LogP contribution in [0.1, 0.15) is 19.3 Å². The third kappa shape index (κ3) is 4.01. The molecule has 0 aromatic carbocycles. The van der Waals surface area contributed by atoms with E-state index in [-0.39, 0.29) is 6.42 Å². The Bertz CT molecular complexity index is 507. The number of hydrogen-bond donors (Lipinski definition) is 0. The number of ether oxygens (including phenoxy) is 1. The fourth-order valence-electron chi connectivity index (χ4n) is 2.27. The highest BCUT2D eigenvalue weighted by atomic mass is 32.2. The molecule has 6 nitrogen and oxygen atoms in total. The van der Waals surface area contributed by atoms with Crippen LogP contribution in [0.5, 0.6) is 0 Å². The van der Waals surface area contributed by atoms with Gasteiger partial charge in [0.15, 0.2) is 9.84 Å². The molecule has 1 aliphatic rings. The van der Waals surface area contributed by atoms with Gasteiger partial charge in [0, 0.05) is 12.9 Å². The van der Waals surface area contributed by atoms with Gasteiger partial charge in [-0.15, -0.1) is 6.58 Å². The third-order valence-corrected chi connectivity index (χ3v) is 6.50. The molecule has 0 bridgehead atoms. The van der Waals surface area contributed by atoms with Crippen LogP contribution < -0.4 is 0 Å². The molecule has 112 valence electrons. The topological polar surface area (TPSA) is 86.7 Å². The summed E-state index contributed by atoms with van der Waals surface area (Å²) in [5.74, 6) is 0. The summed E-state index contributed by atoms with van der Waals surface area (Å²) >= 11 is 0. The van der Waals surface area contributed by atoms with Crippen LogP contribution in [0.15, 0.2) is 12.7 Å². The van der Waals surface area contributed by atoms with Crippen LogP contribution in [0, 0.1) is 0 Å². The van der Waals surface area contributed by atoms with Crippen molar-refractivity contribution in [2.45, 2.75) is 35.9 Å². The molecule has 1 heterocycles. The van der Waals surface area contributed by atoms with Crippen molar-refractivity contribution in [2.75, 3.05) is 20.0 Å². The molecule has 1 rings (SSSR count). The quantitative estimate of drug-likeness (QED) is 0.524. The van der Waals surface area contributed by atoms with Gasteiger partial charge in [-0.1, -0.05) is 6.08 Å². The van der Waals surface area contributed by atoms with Gasteiger partial charge >= 0.3 is 0 Å². The van der Waals surface area contributed by atoms with Gasteiger partial charge in [0.25, 0.3) is 10.1 Å². The first-order valence-corrected chi connectivity index (χ1v) is 9.37. The van der Waals surface area contributed by atoms with Gasteiger partial charge < -0.3 is 4.74 Å². The SMILES string of the molecule is C=CC[C@@H]([C@H]1OCCC[C@H]1S(=O)(=O)OC)S(C)(=O)=O. The summed E-state index contributed by atoms with van der Waals surface area (Å²) in [4.78, 5) is 0. The highest BCUT2D eigenvalue weighted by Gasteiger charge is 2.44. The van der Waals surface area contributed by atoms with Crippen LogP contribution in [-0.2, 0) is 28.9 Å². The van der Waals surface area contributed by atoms with Crippen LogP contribution in [0.2, 0.25) is 0 Å². The molecule has 0 aliphatic carbocycles. The Labute approximate surface area is 114 Å². The molecule has 0 radical (unpaired) electrons. The van der Waals surface area contributed by atoms with Gasteiger partial charge in [0.05, 0.1) is 18.5 Å². The van der Waals surface area contributed by atoms with Crippen molar-refractivity contribution in [3.8, 4) is 0 Å². The van der Waals surface area contributed by atoms with E-state index < -0.39 is 36.6 Å². The molecule has 0 N–H and O–H groups in total. The predicted octanol–water partition coefficient (Wildman–Crippen LogP) is 0.500. The van der Waals surface area contributed by atoms with E-state index in [9.17, 15) is 16.8 Å². The lowest BCUT2D eigenvalue weighted by molar-refractivity contribution is 0.0150. The Kier molecular flexibility index (Phi) is 5.54. The summed E-state index contributed by atoms with van der Waals surface area (Å²) in [5, 5.41) is -1.87. The minimum absolute atomic E-state index is 0.152. The fraction of sp³-hybridized carbons (Fsp3) is 0.818. The normalized spacial score (nSPS) is 26.8. The first-order valence-electron chi connectivity index (χ1n) is 5.95. The van der Waals surface area contributed by atoms with Crippen molar-refractivity contribution in [2.24, 2.45) is 0 Å². The molecule has 0 aromatic rings. The molecule has 0 unspecified atom stereocenters. The second-order valence-electron chi connectivity index (χ2n) is 4.57. The molecule has 1 saturated heterocycles. The molecule has 19 heavy (non-hydrogen) atoms. The van der Waals surface area contributed by atoms with E-state index in [1.807, 2.05) is 0 Å². The van der Waals surface area contributed by atoms with E-state index in [2.05, 4.69) is 10.8 Å². The standard InChI is InChI=1S/C11H20O6S2/c1-4-6-9(18(3,12)13)11-10(7-5-8-17-11)19(14,15)16-2/h4,9-11H,1,5-8H2,2-3H3/t9-,10+,11+/m0/s1. The lowest BCUT2D eigenvalue weighted by Crippen LogP contribution is -2.49. The van der Waals surface area contributed by atoms with E-state index >= 15 is 0 Å². The maximum atomic E-state index is 11.9. The van der Waals surface area contributed by atoms with Gasteiger partial charge in [0.2, 0.25) is 0 Å². The van der Waals surface area contributed by atoms with Gasteiger partial charge in [-0.05, 0) is 19.3 Å². The maximum Gasteiger partial charge on any atom is 0.272 e. The van der Waals surface area contributed by atoms with Crippen LogP contribution in [0.25, 0.3) is 0 Å². The van der Waals surface area contributed by atoms with Gasteiger partial charge in [-0.3, -0.25) is 4.18 Å². The molecule has 3 atom stereocenters. The summed E-state index contributed by atoms with van der Waals surface area (Å²) in [6.45, 7) is 3.87. The zero-order valence-corrected chi connectivity index (χ0v) is 12.7. The van der Waals surface area contributed by atoms with Crippen molar-refractivity contribution in [3.05, 3.63) is 12.7 Å². The molecule has 0 aromatic heterocycles. The molecular formula is C11H20O6S2. The summed E-state index contributed by atoms with van der Waals surface area (Å²) in [5.41, 5.74) is 0. The lowest BCUT2D eigenvalue weighted by atomic mass is 10.0. The van der Waals surface area contributed by atoms with E-state index in [0.717, 1.165) is 13.4 Å².